The number of hydrogen-bond donors (Lipinski definition) is 0. The Labute approximate surface area is 223 Å². The Hall–Kier alpha value is -3.32. The molecule has 0 bridgehead atoms. The molecule has 0 unspecified atom stereocenters. The van der Waals surface area contributed by atoms with E-state index in [9.17, 15) is 19.2 Å². The number of fused-ring (bicyclic) bond motifs is 3. The predicted molar refractivity (Wildman–Crippen MR) is 138 cm³/mol. The monoisotopic (exact) mass is 533 g/mol. The van der Waals surface area contributed by atoms with Crippen molar-refractivity contribution in [3.63, 3.8) is 0 Å². The van der Waals surface area contributed by atoms with Crippen LogP contribution >= 0.6 is 23.2 Å². The molecule has 6 nitrogen and oxygen atoms in total. The maximum Gasteiger partial charge on any atom is 0.241 e. The average molecular weight is 534 g/mol. The fraction of sp³-hybridized carbons (Fsp3) is 0.241. The molecule has 8 heteroatoms. The fourth-order valence-electron chi connectivity index (χ4n) is 5.77. The molecule has 0 N–H and O–H groups in total. The van der Waals surface area contributed by atoms with E-state index in [1.54, 1.807) is 24.3 Å². The Bertz CT molecular complexity index is 1480. The summed E-state index contributed by atoms with van der Waals surface area (Å²) in [5, 5.41) is 0.438. The Morgan fingerprint density at radius 3 is 2.00 bits per heavy atom. The highest BCUT2D eigenvalue weighted by Gasteiger charge is 2.74. The molecule has 3 aliphatic rings. The number of imide groups is 1. The van der Waals surface area contributed by atoms with Crippen LogP contribution in [0.2, 0.25) is 10.0 Å². The lowest BCUT2D eigenvalue weighted by Crippen LogP contribution is -2.51. The Morgan fingerprint density at radius 2 is 1.43 bits per heavy atom. The summed E-state index contributed by atoms with van der Waals surface area (Å²) in [6.07, 6.45) is -0.974. The van der Waals surface area contributed by atoms with Gasteiger partial charge in [0, 0.05) is 11.1 Å². The van der Waals surface area contributed by atoms with Crippen molar-refractivity contribution in [3.8, 4) is 0 Å². The van der Waals surface area contributed by atoms with Crippen LogP contribution in [0.15, 0.2) is 66.7 Å². The molecule has 3 aromatic rings. The number of ether oxygens (including phenoxy) is 1. The summed E-state index contributed by atoms with van der Waals surface area (Å²) in [4.78, 5) is 56.5. The molecular formula is C29H21Cl2NO5. The number of anilines is 1. The van der Waals surface area contributed by atoms with Gasteiger partial charge in [-0.2, -0.15) is 0 Å². The van der Waals surface area contributed by atoms with E-state index in [0.717, 1.165) is 10.5 Å². The standard InChI is InChI=1S/C29H21Cl2NO5/c1-14(2)15-7-9-16(10-8-15)24-22-23(28(36)32(27(22)35)17-11-12-20(30)21(31)13-17)29(37-24)25(33)18-5-3-4-6-19(18)26(29)34/h3-14,22-24H,1-2H3/t22-,23+,24+/m0/s1. The number of amides is 2. The third-order valence-corrected chi connectivity index (χ3v) is 8.35. The first-order chi connectivity index (χ1) is 17.7. The third kappa shape index (κ3) is 3.22. The van der Waals surface area contributed by atoms with Crippen LogP contribution in [0.3, 0.4) is 0 Å². The zero-order valence-electron chi connectivity index (χ0n) is 19.9. The first kappa shape index (κ1) is 24.0. The largest absolute Gasteiger partial charge is 0.349 e. The topological polar surface area (TPSA) is 80.8 Å². The molecule has 0 radical (unpaired) electrons. The molecule has 0 saturated carbocycles. The van der Waals surface area contributed by atoms with Gasteiger partial charge in [0.15, 0.2) is 0 Å². The summed E-state index contributed by atoms with van der Waals surface area (Å²) in [5.41, 5.74) is 0.182. The molecular weight excluding hydrogens is 513 g/mol. The molecule has 6 rings (SSSR count). The minimum Gasteiger partial charge on any atom is -0.349 e. The first-order valence-electron chi connectivity index (χ1n) is 12.0. The molecule has 1 aliphatic carbocycles. The maximum atomic E-state index is 14.0. The first-order valence-corrected chi connectivity index (χ1v) is 12.7. The van der Waals surface area contributed by atoms with Gasteiger partial charge in [0.05, 0.1) is 33.7 Å². The normalized spacial score (nSPS) is 23.9. The van der Waals surface area contributed by atoms with Gasteiger partial charge in [-0.25, -0.2) is 4.90 Å². The zero-order valence-corrected chi connectivity index (χ0v) is 21.4. The molecule has 3 atom stereocenters. The molecule has 3 aromatic carbocycles. The summed E-state index contributed by atoms with van der Waals surface area (Å²) < 4.78 is 6.32. The lowest BCUT2D eigenvalue weighted by molar-refractivity contribution is -0.127. The molecule has 2 aliphatic heterocycles. The molecule has 2 heterocycles. The van der Waals surface area contributed by atoms with E-state index < -0.39 is 46.9 Å². The van der Waals surface area contributed by atoms with Gasteiger partial charge in [0.2, 0.25) is 29.0 Å². The van der Waals surface area contributed by atoms with Crippen molar-refractivity contribution in [2.75, 3.05) is 4.90 Å². The Balaban J connectivity index is 1.52. The lowest BCUT2D eigenvalue weighted by Gasteiger charge is -2.27. The molecule has 2 saturated heterocycles. The number of benzene rings is 3. The lowest BCUT2D eigenvalue weighted by atomic mass is 9.77. The van der Waals surface area contributed by atoms with Crippen LogP contribution in [0.1, 0.15) is 57.7 Å². The van der Waals surface area contributed by atoms with E-state index in [0.29, 0.717) is 5.56 Å². The van der Waals surface area contributed by atoms with Gasteiger partial charge in [-0.15, -0.1) is 0 Å². The van der Waals surface area contributed by atoms with Gasteiger partial charge >= 0.3 is 0 Å². The molecule has 186 valence electrons. The van der Waals surface area contributed by atoms with Crippen LogP contribution in [0.5, 0.6) is 0 Å². The molecule has 2 amide bonds. The number of rotatable bonds is 3. The van der Waals surface area contributed by atoms with Crippen molar-refractivity contribution in [3.05, 3.63) is 99.0 Å². The van der Waals surface area contributed by atoms with E-state index in [1.807, 2.05) is 24.3 Å². The zero-order chi connectivity index (χ0) is 26.2. The minimum absolute atomic E-state index is 0.170. The van der Waals surface area contributed by atoms with Crippen molar-refractivity contribution < 1.29 is 23.9 Å². The van der Waals surface area contributed by atoms with Gasteiger partial charge < -0.3 is 4.74 Å². The summed E-state index contributed by atoms with van der Waals surface area (Å²) in [6.45, 7) is 4.13. The molecule has 2 fully saturated rings. The highest BCUT2D eigenvalue weighted by molar-refractivity contribution is 6.42. The molecule has 37 heavy (non-hydrogen) atoms. The maximum absolute atomic E-state index is 14.0. The second-order valence-electron chi connectivity index (χ2n) is 9.91. The Morgan fingerprint density at radius 1 is 0.811 bits per heavy atom. The van der Waals surface area contributed by atoms with Gasteiger partial charge in [-0.3, -0.25) is 19.2 Å². The minimum atomic E-state index is -2.12. The van der Waals surface area contributed by atoms with E-state index in [-0.39, 0.29) is 32.8 Å². The van der Waals surface area contributed by atoms with Crippen molar-refractivity contribution in [1.82, 2.24) is 0 Å². The second kappa shape index (κ2) is 8.35. The predicted octanol–water partition coefficient (Wildman–Crippen LogP) is 5.81. The number of carbonyl (C=O) groups is 4. The average Bonchev–Trinajstić information content (AvgIpc) is 3.46. The second-order valence-corrected chi connectivity index (χ2v) is 10.7. The smallest absolute Gasteiger partial charge is 0.241 e. The number of ketones is 2. The number of hydrogen-bond acceptors (Lipinski definition) is 5. The highest BCUT2D eigenvalue weighted by Crippen LogP contribution is 2.57. The highest BCUT2D eigenvalue weighted by atomic mass is 35.5. The van der Waals surface area contributed by atoms with E-state index in [4.69, 9.17) is 27.9 Å². The van der Waals surface area contributed by atoms with Gasteiger partial charge in [0.25, 0.3) is 0 Å². The SMILES string of the molecule is CC(C)c1ccc([C@H]2OC3(C(=O)c4ccccc4C3=O)[C@H]3C(=O)N(c4ccc(Cl)c(Cl)c4)C(=O)[C@H]23)cc1. The van der Waals surface area contributed by atoms with Crippen molar-refractivity contribution >= 4 is 52.3 Å². The summed E-state index contributed by atoms with van der Waals surface area (Å²) in [6, 6.07) is 18.3. The van der Waals surface area contributed by atoms with Crippen molar-refractivity contribution in [1.29, 1.82) is 0 Å². The Kier molecular flexibility index (Phi) is 5.42. The van der Waals surface area contributed by atoms with Crippen LogP contribution in [-0.4, -0.2) is 29.0 Å². The quantitative estimate of drug-likeness (QED) is 0.313. The number of nitrogens with zero attached hydrogens (tertiary/aromatic N) is 1. The summed E-state index contributed by atoms with van der Waals surface area (Å²) in [5.74, 6) is -4.54. The number of Topliss-reactive ketones (excluding diaryl/α,β-unsaturated/α-hetero) is 2. The summed E-state index contributed by atoms with van der Waals surface area (Å²) >= 11 is 12.2. The van der Waals surface area contributed by atoms with Crippen molar-refractivity contribution in [2.45, 2.75) is 31.5 Å². The van der Waals surface area contributed by atoms with Crippen LogP contribution in [0.25, 0.3) is 0 Å². The van der Waals surface area contributed by atoms with E-state index in [2.05, 4.69) is 13.8 Å². The van der Waals surface area contributed by atoms with Crippen LogP contribution in [-0.2, 0) is 14.3 Å². The third-order valence-electron chi connectivity index (χ3n) is 7.61. The van der Waals surface area contributed by atoms with Gasteiger partial charge in [-0.05, 0) is 35.2 Å². The van der Waals surface area contributed by atoms with E-state index >= 15 is 0 Å². The summed E-state index contributed by atoms with van der Waals surface area (Å²) in [7, 11) is 0. The number of carbonyl (C=O) groups excluding carboxylic acids is 4. The van der Waals surface area contributed by atoms with Gasteiger partial charge in [0.1, 0.15) is 0 Å². The fourth-order valence-corrected chi connectivity index (χ4v) is 6.06. The van der Waals surface area contributed by atoms with Crippen LogP contribution < -0.4 is 4.90 Å². The van der Waals surface area contributed by atoms with Crippen molar-refractivity contribution in [2.24, 2.45) is 11.8 Å². The van der Waals surface area contributed by atoms with Crippen LogP contribution in [0, 0.1) is 11.8 Å². The molecule has 0 aromatic heterocycles. The number of halogens is 2. The van der Waals surface area contributed by atoms with E-state index in [1.165, 1.54) is 18.2 Å². The van der Waals surface area contributed by atoms with Gasteiger partial charge in [-0.1, -0.05) is 85.6 Å². The van der Waals surface area contributed by atoms with Crippen LogP contribution in [0.4, 0.5) is 5.69 Å². The molecule has 1 spiro atoms.